The first-order valence-corrected chi connectivity index (χ1v) is 5.69. The van der Waals surface area contributed by atoms with Crippen molar-refractivity contribution in [1.29, 1.82) is 0 Å². The molecule has 1 rings (SSSR count). The second kappa shape index (κ2) is 5.34. The minimum absolute atomic E-state index is 0.255. The lowest BCUT2D eigenvalue weighted by molar-refractivity contribution is 0.210. The Kier molecular flexibility index (Phi) is 4.35. The number of imidazole rings is 1. The van der Waals surface area contributed by atoms with Gasteiger partial charge in [0, 0.05) is 26.4 Å². The number of aromatic nitrogens is 2. The SMILES string of the molecule is COCCNc1nc(C)cn1CC(C)(C)C. The summed E-state index contributed by atoms with van der Waals surface area (Å²) in [7, 11) is 1.70. The number of nitrogens with zero attached hydrogens (tertiary/aromatic N) is 2. The molecule has 0 spiro atoms. The predicted octanol–water partition coefficient (Wildman–Crippen LogP) is 2.30. The Balaban J connectivity index is 2.67. The third kappa shape index (κ3) is 4.23. The summed E-state index contributed by atoms with van der Waals surface area (Å²) in [5.41, 5.74) is 1.30. The quantitative estimate of drug-likeness (QED) is 0.781. The fraction of sp³-hybridized carbons (Fsp3) is 0.750. The Hall–Kier alpha value is -1.03. The van der Waals surface area contributed by atoms with Gasteiger partial charge in [0.2, 0.25) is 5.95 Å². The van der Waals surface area contributed by atoms with Gasteiger partial charge in [0.1, 0.15) is 0 Å². The number of anilines is 1. The molecule has 0 aliphatic rings. The summed E-state index contributed by atoms with van der Waals surface area (Å²) in [4.78, 5) is 4.46. The molecule has 1 aromatic heterocycles. The van der Waals surface area contributed by atoms with Crippen molar-refractivity contribution in [2.24, 2.45) is 5.41 Å². The Morgan fingerprint density at radius 2 is 2.12 bits per heavy atom. The van der Waals surface area contributed by atoms with Crippen LogP contribution >= 0.6 is 0 Å². The van der Waals surface area contributed by atoms with Gasteiger partial charge < -0.3 is 14.6 Å². The van der Waals surface area contributed by atoms with E-state index in [9.17, 15) is 0 Å². The summed E-state index contributed by atoms with van der Waals surface area (Å²) >= 11 is 0. The van der Waals surface area contributed by atoms with E-state index in [1.165, 1.54) is 0 Å². The van der Waals surface area contributed by atoms with Gasteiger partial charge in [0.05, 0.1) is 12.3 Å². The molecule has 1 N–H and O–H groups in total. The third-order valence-corrected chi connectivity index (χ3v) is 2.13. The van der Waals surface area contributed by atoms with Gasteiger partial charge in [-0.05, 0) is 12.3 Å². The van der Waals surface area contributed by atoms with Crippen molar-refractivity contribution in [3.8, 4) is 0 Å². The van der Waals surface area contributed by atoms with Crippen LogP contribution in [0.4, 0.5) is 5.95 Å². The van der Waals surface area contributed by atoms with Crippen LogP contribution in [0.2, 0.25) is 0 Å². The highest BCUT2D eigenvalue weighted by Crippen LogP contribution is 2.19. The molecule has 0 bridgehead atoms. The molecule has 1 heterocycles. The van der Waals surface area contributed by atoms with Crippen LogP contribution in [0.1, 0.15) is 26.5 Å². The van der Waals surface area contributed by atoms with Crippen LogP contribution in [-0.4, -0.2) is 29.8 Å². The van der Waals surface area contributed by atoms with E-state index in [0.717, 1.165) is 24.7 Å². The van der Waals surface area contributed by atoms with E-state index in [1.807, 2.05) is 6.92 Å². The average molecular weight is 225 g/mol. The number of rotatable bonds is 5. The van der Waals surface area contributed by atoms with Crippen molar-refractivity contribution in [2.45, 2.75) is 34.2 Å². The summed E-state index contributed by atoms with van der Waals surface area (Å²) in [6.07, 6.45) is 2.08. The number of hydrogen-bond acceptors (Lipinski definition) is 3. The molecule has 0 radical (unpaired) electrons. The maximum absolute atomic E-state index is 5.01. The zero-order valence-electron chi connectivity index (χ0n) is 11.0. The fourth-order valence-corrected chi connectivity index (χ4v) is 1.58. The van der Waals surface area contributed by atoms with Crippen LogP contribution < -0.4 is 5.32 Å². The van der Waals surface area contributed by atoms with Crippen LogP contribution in [0.15, 0.2) is 6.20 Å². The molecular formula is C12H23N3O. The first kappa shape index (κ1) is 13.0. The molecule has 0 atom stereocenters. The molecule has 0 saturated heterocycles. The molecule has 4 nitrogen and oxygen atoms in total. The van der Waals surface area contributed by atoms with Crippen molar-refractivity contribution in [2.75, 3.05) is 25.6 Å². The van der Waals surface area contributed by atoms with E-state index in [-0.39, 0.29) is 5.41 Å². The summed E-state index contributed by atoms with van der Waals surface area (Å²) < 4.78 is 7.18. The van der Waals surface area contributed by atoms with Crippen molar-refractivity contribution >= 4 is 5.95 Å². The number of ether oxygens (including phenoxy) is 1. The summed E-state index contributed by atoms with van der Waals surface area (Å²) in [6, 6.07) is 0. The maximum Gasteiger partial charge on any atom is 0.203 e. The smallest absolute Gasteiger partial charge is 0.203 e. The molecule has 0 aliphatic heterocycles. The van der Waals surface area contributed by atoms with Crippen molar-refractivity contribution in [3.63, 3.8) is 0 Å². The highest BCUT2D eigenvalue weighted by atomic mass is 16.5. The Bertz CT molecular complexity index is 325. The lowest BCUT2D eigenvalue weighted by Crippen LogP contribution is -2.18. The second-order valence-electron chi connectivity index (χ2n) is 5.31. The van der Waals surface area contributed by atoms with Gasteiger partial charge in [0.15, 0.2) is 0 Å². The van der Waals surface area contributed by atoms with E-state index >= 15 is 0 Å². The van der Waals surface area contributed by atoms with Gasteiger partial charge in [-0.3, -0.25) is 0 Å². The van der Waals surface area contributed by atoms with Gasteiger partial charge in [-0.1, -0.05) is 20.8 Å². The molecule has 0 aromatic carbocycles. The summed E-state index contributed by atoms with van der Waals surface area (Å²) in [5.74, 6) is 0.935. The Morgan fingerprint density at radius 1 is 1.44 bits per heavy atom. The summed E-state index contributed by atoms with van der Waals surface area (Å²) in [6.45, 7) is 11.1. The topological polar surface area (TPSA) is 39.1 Å². The Labute approximate surface area is 98.0 Å². The monoisotopic (exact) mass is 225 g/mol. The minimum atomic E-state index is 0.255. The number of nitrogens with one attached hydrogen (secondary N) is 1. The molecule has 4 heteroatoms. The molecule has 1 aromatic rings. The molecule has 0 amide bonds. The van der Waals surface area contributed by atoms with E-state index in [1.54, 1.807) is 7.11 Å². The highest BCUT2D eigenvalue weighted by Gasteiger charge is 2.14. The van der Waals surface area contributed by atoms with Gasteiger partial charge in [-0.15, -0.1) is 0 Å². The molecule has 0 saturated carbocycles. The molecule has 0 aliphatic carbocycles. The van der Waals surface area contributed by atoms with Crippen LogP contribution in [0.25, 0.3) is 0 Å². The van der Waals surface area contributed by atoms with E-state index in [0.29, 0.717) is 6.61 Å². The molecule has 16 heavy (non-hydrogen) atoms. The van der Waals surface area contributed by atoms with Crippen molar-refractivity contribution in [1.82, 2.24) is 9.55 Å². The van der Waals surface area contributed by atoms with Crippen molar-refractivity contribution in [3.05, 3.63) is 11.9 Å². The van der Waals surface area contributed by atoms with E-state index in [4.69, 9.17) is 4.74 Å². The lowest BCUT2D eigenvalue weighted by Gasteiger charge is -2.20. The molecule has 0 unspecified atom stereocenters. The molecule has 0 fully saturated rings. The summed E-state index contributed by atoms with van der Waals surface area (Å²) in [5, 5.41) is 3.28. The fourth-order valence-electron chi connectivity index (χ4n) is 1.58. The van der Waals surface area contributed by atoms with Gasteiger partial charge in [0.25, 0.3) is 0 Å². The van der Waals surface area contributed by atoms with Gasteiger partial charge in [-0.25, -0.2) is 4.98 Å². The number of methoxy groups -OCH3 is 1. The number of aryl methyl sites for hydroxylation is 1. The first-order valence-electron chi connectivity index (χ1n) is 5.69. The average Bonchev–Trinajstić information content (AvgIpc) is 2.44. The molecule has 92 valence electrons. The maximum atomic E-state index is 5.01. The molecular weight excluding hydrogens is 202 g/mol. The predicted molar refractivity (Wildman–Crippen MR) is 66.8 cm³/mol. The van der Waals surface area contributed by atoms with Crippen molar-refractivity contribution < 1.29 is 4.74 Å². The van der Waals surface area contributed by atoms with Crippen LogP contribution in [0.5, 0.6) is 0 Å². The normalized spacial score (nSPS) is 11.8. The second-order valence-corrected chi connectivity index (χ2v) is 5.31. The first-order chi connectivity index (χ1) is 7.42. The van der Waals surface area contributed by atoms with Crippen LogP contribution in [0, 0.1) is 12.3 Å². The third-order valence-electron chi connectivity index (χ3n) is 2.13. The highest BCUT2D eigenvalue weighted by molar-refractivity contribution is 5.28. The van der Waals surface area contributed by atoms with Crippen LogP contribution in [0.3, 0.4) is 0 Å². The van der Waals surface area contributed by atoms with E-state index in [2.05, 4.69) is 41.8 Å². The van der Waals surface area contributed by atoms with Crippen LogP contribution in [-0.2, 0) is 11.3 Å². The minimum Gasteiger partial charge on any atom is -0.383 e. The Morgan fingerprint density at radius 3 is 2.69 bits per heavy atom. The zero-order valence-corrected chi connectivity index (χ0v) is 11.0. The van der Waals surface area contributed by atoms with Gasteiger partial charge >= 0.3 is 0 Å². The standard InChI is InChI=1S/C12H23N3O/c1-10-8-15(9-12(2,3)4)11(14-10)13-6-7-16-5/h8H,6-7,9H2,1-5H3,(H,13,14). The van der Waals surface area contributed by atoms with Gasteiger partial charge in [-0.2, -0.15) is 0 Å². The lowest BCUT2D eigenvalue weighted by atomic mass is 9.97. The number of hydrogen-bond donors (Lipinski definition) is 1. The largest absolute Gasteiger partial charge is 0.383 e. The zero-order chi connectivity index (χ0) is 12.2. The van der Waals surface area contributed by atoms with E-state index < -0.39 is 0 Å².